The van der Waals surface area contributed by atoms with Crippen LogP contribution >= 0.6 is 0 Å². The van der Waals surface area contributed by atoms with Gasteiger partial charge in [-0.1, -0.05) is 18.2 Å². The molecule has 1 atom stereocenters. The fourth-order valence-electron chi connectivity index (χ4n) is 5.27. The molecule has 1 aliphatic carbocycles. The summed E-state index contributed by atoms with van der Waals surface area (Å²) in [5, 5.41) is 9.72. The van der Waals surface area contributed by atoms with Gasteiger partial charge in [-0.05, 0) is 69.5 Å². The first-order chi connectivity index (χ1) is 13.9. The number of hydrogen-bond donors (Lipinski definition) is 1. The quantitative estimate of drug-likeness (QED) is 0.789. The molecule has 3 fully saturated rings. The number of aliphatic hydroxyl groups excluding tert-OH is 1. The number of likely N-dealkylation sites (N-methyl/N-ethyl adjacent to an activating group) is 1. The second-order valence-corrected chi connectivity index (χ2v) is 11.2. The Hall–Kier alpha value is -0.990. The van der Waals surface area contributed by atoms with E-state index in [9.17, 15) is 13.5 Å². The Kier molecular flexibility index (Phi) is 6.33. The molecule has 3 aliphatic rings. The average Bonchev–Trinajstić information content (AvgIpc) is 3.11. The minimum Gasteiger partial charge on any atom is -0.393 e. The van der Waals surface area contributed by atoms with E-state index in [2.05, 4.69) is 11.9 Å². The molecular formula is C22H34N2O4S. The number of piperidine rings is 1. The molecule has 6 nitrogen and oxygen atoms in total. The van der Waals surface area contributed by atoms with Gasteiger partial charge in [-0.3, -0.25) is 0 Å². The third kappa shape index (κ3) is 4.69. The van der Waals surface area contributed by atoms with Crippen molar-refractivity contribution in [3.8, 4) is 0 Å². The number of hydrogen-bond acceptors (Lipinski definition) is 5. The summed E-state index contributed by atoms with van der Waals surface area (Å²) < 4.78 is 33.6. The lowest BCUT2D eigenvalue weighted by molar-refractivity contribution is 0.0372. The molecule has 1 aromatic carbocycles. The average molecular weight is 423 g/mol. The van der Waals surface area contributed by atoms with Gasteiger partial charge in [0.15, 0.2) is 0 Å². The van der Waals surface area contributed by atoms with Gasteiger partial charge in [0.1, 0.15) is 0 Å². The maximum absolute atomic E-state index is 12.9. The Labute approximate surface area is 174 Å². The molecule has 0 radical (unpaired) electrons. The predicted octanol–water partition coefficient (Wildman–Crippen LogP) is 2.48. The molecule has 1 saturated carbocycles. The molecule has 2 aliphatic heterocycles. The largest absolute Gasteiger partial charge is 0.393 e. The van der Waals surface area contributed by atoms with Gasteiger partial charge in [-0.25, -0.2) is 8.42 Å². The predicted molar refractivity (Wildman–Crippen MR) is 112 cm³/mol. The molecule has 162 valence electrons. The van der Waals surface area contributed by atoms with Crippen molar-refractivity contribution in [1.29, 1.82) is 0 Å². The van der Waals surface area contributed by atoms with Gasteiger partial charge in [-0.2, -0.15) is 4.31 Å². The molecule has 4 rings (SSSR count). The van der Waals surface area contributed by atoms with Crippen molar-refractivity contribution in [2.75, 3.05) is 33.3 Å². The van der Waals surface area contributed by atoms with E-state index in [0.29, 0.717) is 24.0 Å². The summed E-state index contributed by atoms with van der Waals surface area (Å²) in [6.07, 6.45) is 6.78. The molecule has 0 unspecified atom stereocenters. The molecule has 0 aromatic heterocycles. The molecule has 1 N–H and O–H groups in total. The molecular weight excluding hydrogens is 388 g/mol. The highest BCUT2D eigenvalue weighted by Gasteiger charge is 2.44. The van der Waals surface area contributed by atoms with Gasteiger partial charge in [0, 0.05) is 25.7 Å². The Morgan fingerprint density at radius 3 is 2.45 bits per heavy atom. The van der Waals surface area contributed by atoms with Gasteiger partial charge in [0.25, 0.3) is 0 Å². The highest BCUT2D eigenvalue weighted by molar-refractivity contribution is 7.89. The first-order valence-corrected chi connectivity index (χ1v) is 12.4. The minimum atomic E-state index is -3.40. The molecule has 1 aromatic rings. The molecule has 2 saturated heterocycles. The molecule has 0 amide bonds. The lowest BCUT2D eigenvalue weighted by Crippen LogP contribution is -2.44. The Bertz CT molecular complexity index is 769. The van der Waals surface area contributed by atoms with E-state index in [1.165, 1.54) is 0 Å². The molecule has 2 heterocycles. The van der Waals surface area contributed by atoms with Crippen LogP contribution in [0.15, 0.2) is 35.2 Å². The number of ether oxygens (including phenoxy) is 1. The van der Waals surface area contributed by atoms with Gasteiger partial charge >= 0.3 is 0 Å². The summed E-state index contributed by atoms with van der Waals surface area (Å²) in [6.45, 7) is 2.82. The second kappa shape index (κ2) is 8.63. The van der Waals surface area contributed by atoms with Crippen LogP contribution in [0.1, 0.15) is 44.9 Å². The van der Waals surface area contributed by atoms with E-state index in [1.54, 1.807) is 28.6 Å². The third-order valence-electron chi connectivity index (χ3n) is 7.23. The van der Waals surface area contributed by atoms with Crippen LogP contribution in [0.5, 0.6) is 0 Å². The first kappa shape index (κ1) is 21.2. The van der Waals surface area contributed by atoms with Crippen molar-refractivity contribution < 1.29 is 18.3 Å². The Morgan fingerprint density at radius 2 is 1.79 bits per heavy atom. The smallest absolute Gasteiger partial charge is 0.243 e. The lowest BCUT2D eigenvalue weighted by Gasteiger charge is -2.38. The molecule has 29 heavy (non-hydrogen) atoms. The highest BCUT2D eigenvalue weighted by Crippen LogP contribution is 2.43. The van der Waals surface area contributed by atoms with Crippen LogP contribution < -0.4 is 0 Å². The van der Waals surface area contributed by atoms with Crippen molar-refractivity contribution >= 4 is 10.0 Å². The zero-order valence-corrected chi connectivity index (χ0v) is 18.2. The van der Waals surface area contributed by atoms with Crippen LogP contribution in [0, 0.1) is 5.41 Å². The molecule has 7 heteroatoms. The van der Waals surface area contributed by atoms with Crippen LogP contribution in [-0.2, 0) is 14.8 Å². The number of sulfonamides is 1. The van der Waals surface area contributed by atoms with Crippen molar-refractivity contribution in [2.24, 2.45) is 5.41 Å². The van der Waals surface area contributed by atoms with Crippen LogP contribution in [0.25, 0.3) is 0 Å². The SMILES string of the molecule is CN(C[C@@H]1CC2(CCN(S(=O)(=O)c3ccccc3)CC2)CO1)C1CCC(O)CC1. The summed E-state index contributed by atoms with van der Waals surface area (Å²) in [6, 6.07) is 9.28. The van der Waals surface area contributed by atoms with Crippen LogP contribution in [0.4, 0.5) is 0 Å². The van der Waals surface area contributed by atoms with Gasteiger partial charge < -0.3 is 14.7 Å². The number of benzene rings is 1. The fourth-order valence-corrected chi connectivity index (χ4v) is 6.74. The lowest BCUT2D eigenvalue weighted by atomic mass is 9.77. The van der Waals surface area contributed by atoms with E-state index < -0.39 is 10.0 Å². The first-order valence-electron chi connectivity index (χ1n) is 10.9. The van der Waals surface area contributed by atoms with Crippen molar-refractivity contribution in [3.05, 3.63) is 30.3 Å². The van der Waals surface area contributed by atoms with E-state index in [4.69, 9.17) is 4.74 Å². The van der Waals surface area contributed by atoms with E-state index in [1.807, 2.05) is 6.07 Å². The standard InChI is InChI=1S/C22H34N2O4S/c1-23(18-7-9-19(25)10-8-18)16-20-15-22(17-28-20)11-13-24(14-12-22)29(26,27)21-5-3-2-4-6-21/h2-6,18-20,25H,7-17H2,1H3/t18?,19?,20-/m0/s1. The van der Waals surface area contributed by atoms with Crippen LogP contribution in [0.2, 0.25) is 0 Å². The summed E-state index contributed by atoms with van der Waals surface area (Å²) in [4.78, 5) is 2.79. The number of rotatable bonds is 5. The zero-order valence-electron chi connectivity index (χ0n) is 17.4. The van der Waals surface area contributed by atoms with Crippen molar-refractivity contribution in [1.82, 2.24) is 9.21 Å². The van der Waals surface area contributed by atoms with E-state index in [0.717, 1.165) is 58.1 Å². The highest BCUT2D eigenvalue weighted by atomic mass is 32.2. The van der Waals surface area contributed by atoms with E-state index >= 15 is 0 Å². The molecule has 0 bridgehead atoms. The summed E-state index contributed by atoms with van der Waals surface area (Å²) in [5.74, 6) is 0. The summed E-state index contributed by atoms with van der Waals surface area (Å²) in [5.41, 5.74) is 0.122. The maximum atomic E-state index is 12.9. The summed E-state index contributed by atoms with van der Waals surface area (Å²) in [7, 11) is -1.22. The second-order valence-electron chi connectivity index (χ2n) is 9.26. The van der Waals surface area contributed by atoms with Crippen molar-refractivity contribution in [2.45, 2.75) is 68.1 Å². The van der Waals surface area contributed by atoms with Gasteiger partial charge in [-0.15, -0.1) is 0 Å². The van der Waals surface area contributed by atoms with Crippen LogP contribution in [-0.4, -0.2) is 74.3 Å². The van der Waals surface area contributed by atoms with Gasteiger partial charge in [0.2, 0.25) is 10.0 Å². The van der Waals surface area contributed by atoms with Crippen molar-refractivity contribution in [3.63, 3.8) is 0 Å². The third-order valence-corrected chi connectivity index (χ3v) is 9.14. The molecule has 1 spiro atoms. The minimum absolute atomic E-state index is 0.122. The van der Waals surface area contributed by atoms with E-state index in [-0.39, 0.29) is 17.6 Å². The number of aliphatic hydroxyl groups is 1. The topological polar surface area (TPSA) is 70.1 Å². The normalized spacial score (nSPS) is 30.8. The van der Waals surface area contributed by atoms with Gasteiger partial charge in [0.05, 0.1) is 23.7 Å². The zero-order chi connectivity index (χ0) is 20.5. The Balaban J connectivity index is 1.29. The Morgan fingerprint density at radius 1 is 1.14 bits per heavy atom. The summed E-state index contributed by atoms with van der Waals surface area (Å²) >= 11 is 0. The fraction of sp³-hybridized carbons (Fsp3) is 0.727. The number of nitrogens with zero attached hydrogens (tertiary/aromatic N) is 2. The monoisotopic (exact) mass is 422 g/mol. The maximum Gasteiger partial charge on any atom is 0.243 e. The van der Waals surface area contributed by atoms with Crippen LogP contribution in [0.3, 0.4) is 0 Å².